The van der Waals surface area contributed by atoms with Gasteiger partial charge in [0.15, 0.2) is 0 Å². The van der Waals surface area contributed by atoms with Crippen molar-refractivity contribution >= 4 is 16.9 Å². The Morgan fingerprint density at radius 1 is 1.23 bits per heavy atom. The number of carbonyl (C=O) groups is 1. The van der Waals surface area contributed by atoms with Crippen molar-refractivity contribution in [3.63, 3.8) is 0 Å². The Balaban J connectivity index is 2.57. The van der Waals surface area contributed by atoms with E-state index < -0.39 is 0 Å². The van der Waals surface area contributed by atoms with Crippen LogP contribution in [0.3, 0.4) is 0 Å². The molecule has 2 rings (SSSR count). The zero-order valence-corrected chi connectivity index (χ0v) is 12.5. The molecule has 0 radical (unpaired) electrons. The van der Waals surface area contributed by atoms with Crippen LogP contribution in [0, 0.1) is 0 Å². The molecule has 116 valence electrons. The fraction of sp³-hybridized carbons (Fsp3) is 0.250. The highest BCUT2D eigenvalue weighted by atomic mass is 16.5. The molecule has 0 saturated carbocycles. The third-order valence-corrected chi connectivity index (χ3v) is 3.28. The molecule has 0 fully saturated rings. The molecule has 0 bridgehead atoms. The maximum Gasteiger partial charge on any atom is 0.329 e. The Kier molecular flexibility index (Phi) is 4.95. The van der Waals surface area contributed by atoms with Crippen molar-refractivity contribution in [1.29, 1.82) is 0 Å². The lowest BCUT2D eigenvalue weighted by molar-refractivity contribution is 0.0872. The lowest BCUT2D eigenvalue weighted by Gasteiger charge is -2.05. The molecule has 0 unspecified atom stereocenters. The molecule has 0 atom stereocenters. The minimum absolute atomic E-state index is 0.133. The lowest BCUT2D eigenvalue weighted by atomic mass is 10.2. The lowest BCUT2D eigenvalue weighted by Crippen LogP contribution is -2.25. The number of amides is 1. The summed E-state index contributed by atoms with van der Waals surface area (Å²) < 4.78 is 8.02. The number of rotatable bonds is 7. The molecule has 1 aromatic heterocycles. The topological polar surface area (TPSA) is 65.3 Å². The first kappa shape index (κ1) is 15.8. The zero-order chi connectivity index (χ0) is 16.1. The maximum absolute atomic E-state index is 12.4. The molecule has 0 aliphatic heterocycles. The van der Waals surface area contributed by atoms with Crippen molar-refractivity contribution in [3.8, 4) is 0 Å². The van der Waals surface area contributed by atoms with E-state index in [4.69, 9.17) is 4.74 Å². The minimum atomic E-state index is -0.252. The van der Waals surface area contributed by atoms with E-state index in [1.807, 2.05) is 0 Å². The van der Waals surface area contributed by atoms with Crippen molar-refractivity contribution < 1.29 is 9.53 Å². The molecule has 6 heteroatoms. The van der Waals surface area contributed by atoms with Gasteiger partial charge >= 0.3 is 5.69 Å². The van der Waals surface area contributed by atoms with Crippen LogP contribution in [0.15, 0.2) is 48.3 Å². The van der Waals surface area contributed by atoms with Crippen LogP contribution in [-0.4, -0.2) is 28.9 Å². The van der Waals surface area contributed by atoms with E-state index in [1.54, 1.807) is 39.5 Å². The number of imidazole rings is 1. The first-order chi connectivity index (χ1) is 10.6. The Bertz CT molecular complexity index is 771. The average molecular weight is 301 g/mol. The van der Waals surface area contributed by atoms with Gasteiger partial charge in [0.2, 0.25) is 0 Å². The highest BCUT2D eigenvalue weighted by Crippen LogP contribution is 2.16. The van der Waals surface area contributed by atoms with Gasteiger partial charge in [-0.15, -0.1) is 13.2 Å². The number of methoxy groups -OCH3 is 1. The maximum atomic E-state index is 12.4. The summed E-state index contributed by atoms with van der Waals surface area (Å²) in [5, 5.41) is 2.62. The minimum Gasteiger partial charge on any atom is -0.364 e. The molecule has 1 aromatic carbocycles. The van der Waals surface area contributed by atoms with Gasteiger partial charge in [-0.3, -0.25) is 13.9 Å². The van der Waals surface area contributed by atoms with Crippen LogP contribution in [0.25, 0.3) is 11.0 Å². The average Bonchev–Trinajstić information content (AvgIpc) is 2.78. The molecule has 0 aliphatic rings. The first-order valence-corrected chi connectivity index (χ1v) is 6.86. The summed E-state index contributed by atoms with van der Waals surface area (Å²) in [4.78, 5) is 24.4. The summed E-state index contributed by atoms with van der Waals surface area (Å²) in [7, 11) is 1.50. The smallest absolute Gasteiger partial charge is 0.329 e. The number of aromatic nitrogens is 2. The second-order valence-corrected chi connectivity index (χ2v) is 4.72. The second kappa shape index (κ2) is 6.91. The van der Waals surface area contributed by atoms with Crippen molar-refractivity contribution in [3.05, 3.63) is 59.6 Å². The number of carbonyl (C=O) groups excluding carboxylic acids is 1. The van der Waals surface area contributed by atoms with Gasteiger partial charge < -0.3 is 10.1 Å². The van der Waals surface area contributed by atoms with Crippen molar-refractivity contribution in [2.24, 2.45) is 0 Å². The normalized spacial score (nSPS) is 10.6. The number of nitrogens with one attached hydrogen (secondary N) is 1. The van der Waals surface area contributed by atoms with E-state index in [2.05, 4.69) is 18.5 Å². The molecule has 1 amide bonds. The van der Waals surface area contributed by atoms with E-state index in [0.29, 0.717) is 24.2 Å². The quantitative estimate of drug-likeness (QED) is 0.623. The largest absolute Gasteiger partial charge is 0.364 e. The monoisotopic (exact) mass is 301 g/mol. The van der Waals surface area contributed by atoms with Gasteiger partial charge in [0.05, 0.1) is 11.0 Å². The third kappa shape index (κ3) is 2.87. The van der Waals surface area contributed by atoms with Gasteiger partial charge in [0.25, 0.3) is 5.91 Å². The van der Waals surface area contributed by atoms with Crippen molar-refractivity contribution in [2.75, 3.05) is 13.8 Å². The molecule has 1 N–H and O–H groups in total. The standard InChI is InChI=1S/C16H19N3O3/c1-4-8-18-13-7-6-12(15(20)17-11-22-3)10-14(13)19(9-5-2)16(18)21/h4-7,10H,1-2,8-9,11H2,3H3,(H,17,20). The van der Waals surface area contributed by atoms with Gasteiger partial charge in [-0.05, 0) is 18.2 Å². The third-order valence-electron chi connectivity index (χ3n) is 3.28. The van der Waals surface area contributed by atoms with E-state index in [-0.39, 0.29) is 18.3 Å². The molecule has 0 aliphatic carbocycles. The fourth-order valence-corrected chi connectivity index (χ4v) is 2.31. The highest BCUT2D eigenvalue weighted by molar-refractivity contribution is 5.97. The van der Waals surface area contributed by atoms with Crippen molar-refractivity contribution in [2.45, 2.75) is 13.1 Å². The zero-order valence-electron chi connectivity index (χ0n) is 12.5. The van der Waals surface area contributed by atoms with Crippen LogP contribution >= 0.6 is 0 Å². The number of nitrogens with zero attached hydrogens (tertiary/aromatic N) is 2. The molecule has 0 spiro atoms. The van der Waals surface area contributed by atoms with Crippen molar-refractivity contribution in [1.82, 2.24) is 14.5 Å². The number of hydrogen-bond donors (Lipinski definition) is 1. The van der Waals surface area contributed by atoms with E-state index in [0.717, 1.165) is 5.52 Å². The number of benzene rings is 1. The molecular weight excluding hydrogens is 282 g/mol. The molecule has 6 nitrogen and oxygen atoms in total. The second-order valence-electron chi connectivity index (χ2n) is 4.72. The molecule has 22 heavy (non-hydrogen) atoms. The van der Waals surface area contributed by atoms with Crippen LogP contribution in [0.4, 0.5) is 0 Å². The Hall–Kier alpha value is -2.60. The van der Waals surface area contributed by atoms with Crippen LogP contribution in [0.2, 0.25) is 0 Å². The van der Waals surface area contributed by atoms with Crippen LogP contribution in [0.1, 0.15) is 10.4 Å². The number of ether oxygens (including phenoxy) is 1. The van der Waals surface area contributed by atoms with Crippen LogP contribution in [0.5, 0.6) is 0 Å². The van der Waals surface area contributed by atoms with Gasteiger partial charge in [0, 0.05) is 25.8 Å². The first-order valence-electron chi connectivity index (χ1n) is 6.86. The summed E-state index contributed by atoms with van der Waals surface area (Å²) >= 11 is 0. The van der Waals surface area contributed by atoms with Crippen LogP contribution in [-0.2, 0) is 17.8 Å². The van der Waals surface area contributed by atoms with E-state index in [9.17, 15) is 9.59 Å². The molecule has 0 saturated heterocycles. The summed E-state index contributed by atoms with van der Waals surface area (Å²) in [5.41, 5.74) is 1.77. The summed E-state index contributed by atoms with van der Waals surface area (Å²) in [5.74, 6) is -0.252. The molecule has 2 aromatic rings. The summed E-state index contributed by atoms with van der Waals surface area (Å²) in [6.45, 7) is 8.27. The predicted octanol–water partition coefficient (Wildman–Crippen LogP) is 1.51. The highest BCUT2D eigenvalue weighted by Gasteiger charge is 2.14. The van der Waals surface area contributed by atoms with E-state index in [1.165, 1.54) is 7.11 Å². The fourth-order valence-electron chi connectivity index (χ4n) is 2.31. The van der Waals surface area contributed by atoms with Gasteiger partial charge in [0.1, 0.15) is 6.73 Å². The molecular formula is C16H19N3O3. The number of allylic oxidation sites excluding steroid dienone is 2. The van der Waals surface area contributed by atoms with Gasteiger partial charge in [-0.1, -0.05) is 12.2 Å². The SMILES string of the molecule is C=CCn1c(=O)n(CC=C)c2cc(C(=O)NCOC)ccc21. The Morgan fingerprint density at radius 2 is 1.86 bits per heavy atom. The Morgan fingerprint density at radius 3 is 2.45 bits per heavy atom. The predicted molar refractivity (Wildman–Crippen MR) is 85.9 cm³/mol. The number of fused-ring (bicyclic) bond motifs is 1. The van der Waals surface area contributed by atoms with E-state index >= 15 is 0 Å². The summed E-state index contributed by atoms with van der Waals surface area (Å²) in [6.07, 6.45) is 3.31. The van der Waals surface area contributed by atoms with Gasteiger partial charge in [-0.2, -0.15) is 0 Å². The summed E-state index contributed by atoms with van der Waals surface area (Å²) in [6, 6.07) is 5.15. The number of hydrogen-bond acceptors (Lipinski definition) is 3. The molecule has 1 heterocycles. The van der Waals surface area contributed by atoms with Crippen LogP contribution < -0.4 is 11.0 Å². The Labute approximate surface area is 128 Å². The van der Waals surface area contributed by atoms with Gasteiger partial charge in [-0.25, -0.2) is 4.79 Å².